The number of hydrogen-bond donors (Lipinski definition) is 0. The second-order valence-electron chi connectivity index (χ2n) is 4.01. The molecular formula is C10H17BrO3. The van der Waals surface area contributed by atoms with E-state index in [1.54, 1.807) is 0 Å². The molecule has 4 heteroatoms. The van der Waals surface area contributed by atoms with Gasteiger partial charge >= 0.3 is 5.97 Å². The Morgan fingerprint density at radius 1 is 1.21 bits per heavy atom. The van der Waals surface area contributed by atoms with E-state index < -0.39 is 6.10 Å². The van der Waals surface area contributed by atoms with Gasteiger partial charge < -0.3 is 9.47 Å². The first-order valence-corrected chi connectivity index (χ1v) is 5.78. The number of rotatable bonds is 1. The maximum Gasteiger partial charge on any atom is 0.335 e. The molecule has 0 bridgehead atoms. The van der Waals surface area contributed by atoms with Crippen LogP contribution in [0.15, 0.2) is 0 Å². The summed E-state index contributed by atoms with van der Waals surface area (Å²) in [6, 6.07) is 0. The van der Waals surface area contributed by atoms with Crippen molar-refractivity contribution in [2.45, 2.75) is 31.9 Å². The molecule has 0 radical (unpaired) electrons. The van der Waals surface area contributed by atoms with Gasteiger partial charge in [0, 0.05) is 0 Å². The minimum atomic E-state index is -0.435. The lowest BCUT2D eigenvalue weighted by molar-refractivity contribution is -0.170. The molecule has 0 N–H and O–H groups in total. The zero-order chi connectivity index (χ0) is 10.9. The van der Waals surface area contributed by atoms with Crippen molar-refractivity contribution < 1.29 is 14.3 Å². The van der Waals surface area contributed by atoms with Crippen molar-refractivity contribution in [3.05, 3.63) is 0 Å². The van der Waals surface area contributed by atoms with Crippen LogP contribution in [-0.2, 0) is 14.3 Å². The molecule has 3 nitrogen and oxygen atoms in total. The fraction of sp³-hybridized carbons (Fsp3) is 0.900. The Hall–Kier alpha value is -0.0900. The number of hydrogen-bond acceptors (Lipinski definition) is 3. The third-order valence-electron chi connectivity index (χ3n) is 3.26. The van der Waals surface area contributed by atoms with Crippen molar-refractivity contribution >= 4 is 21.9 Å². The van der Waals surface area contributed by atoms with Crippen LogP contribution < -0.4 is 0 Å². The first kappa shape index (κ1) is 12.0. The predicted octanol–water partition coefficient (Wildman–Crippen LogP) is 2.19. The van der Waals surface area contributed by atoms with Gasteiger partial charge in [-0.25, -0.2) is 4.79 Å². The fourth-order valence-electron chi connectivity index (χ4n) is 1.77. The maximum atomic E-state index is 11.4. The molecule has 0 aromatic rings. The maximum absolute atomic E-state index is 11.4. The van der Waals surface area contributed by atoms with Gasteiger partial charge in [0.2, 0.25) is 0 Å². The van der Waals surface area contributed by atoms with Gasteiger partial charge in [-0.1, -0.05) is 36.7 Å². The van der Waals surface area contributed by atoms with Crippen LogP contribution in [0.2, 0.25) is 0 Å². The van der Waals surface area contributed by atoms with Gasteiger partial charge in [-0.05, 0) is 17.8 Å². The average molecular weight is 265 g/mol. The summed E-state index contributed by atoms with van der Waals surface area (Å²) < 4.78 is 10.3. The van der Waals surface area contributed by atoms with Gasteiger partial charge in [-0.15, -0.1) is 0 Å². The third kappa shape index (κ3) is 2.11. The molecule has 0 aromatic carbocycles. The summed E-state index contributed by atoms with van der Waals surface area (Å²) in [4.78, 5) is 11.4. The van der Waals surface area contributed by atoms with Crippen LogP contribution in [0.4, 0.5) is 0 Å². The van der Waals surface area contributed by atoms with Crippen molar-refractivity contribution in [1.82, 2.24) is 0 Å². The van der Waals surface area contributed by atoms with Crippen LogP contribution >= 0.6 is 15.9 Å². The number of methoxy groups -OCH3 is 1. The Kier molecular flexibility index (Phi) is 3.95. The Bertz CT molecular complexity index is 219. The number of carbonyl (C=O) groups excluding carboxylic acids is 1. The summed E-state index contributed by atoms with van der Waals surface area (Å²) in [6.07, 6.45) is -0.435. The molecule has 1 fully saturated rings. The van der Waals surface area contributed by atoms with Gasteiger partial charge in [0.25, 0.3) is 0 Å². The highest BCUT2D eigenvalue weighted by Gasteiger charge is 2.41. The second kappa shape index (κ2) is 4.62. The van der Waals surface area contributed by atoms with Crippen LogP contribution in [0.25, 0.3) is 0 Å². The van der Waals surface area contributed by atoms with Crippen molar-refractivity contribution in [3.63, 3.8) is 0 Å². The van der Waals surface area contributed by atoms with Crippen molar-refractivity contribution in [2.75, 3.05) is 7.11 Å². The van der Waals surface area contributed by atoms with Crippen LogP contribution in [0.1, 0.15) is 20.8 Å². The van der Waals surface area contributed by atoms with Gasteiger partial charge in [0.1, 0.15) is 5.01 Å². The van der Waals surface area contributed by atoms with Crippen molar-refractivity contribution in [3.8, 4) is 0 Å². The normalized spacial score (nSPS) is 43.4. The monoisotopic (exact) mass is 264 g/mol. The van der Waals surface area contributed by atoms with E-state index in [0.717, 1.165) is 0 Å². The zero-order valence-corrected chi connectivity index (χ0v) is 10.6. The smallest absolute Gasteiger partial charge is 0.335 e. The van der Waals surface area contributed by atoms with Gasteiger partial charge in [-0.3, -0.25) is 0 Å². The Labute approximate surface area is 93.3 Å². The molecule has 0 spiro atoms. The van der Waals surface area contributed by atoms with E-state index in [2.05, 4.69) is 29.8 Å². The molecule has 1 aliphatic heterocycles. The Balaban J connectivity index is 2.75. The van der Waals surface area contributed by atoms with Crippen molar-refractivity contribution in [2.24, 2.45) is 17.8 Å². The summed E-state index contributed by atoms with van der Waals surface area (Å²) in [5.41, 5.74) is 0. The molecule has 0 aromatic heterocycles. The first-order chi connectivity index (χ1) is 6.49. The topological polar surface area (TPSA) is 35.5 Å². The third-order valence-corrected chi connectivity index (χ3v) is 4.31. The molecule has 2 unspecified atom stereocenters. The number of esters is 1. The lowest BCUT2D eigenvalue weighted by atomic mass is 9.80. The van der Waals surface area contributed by atoms with E-state index in [1.165, 1.54) is 7.11 Å². The highest BCUT2D eigenvalue weighted by molar-refractivity contribution is 9.09. The molecule has 0 aliphatic carbocycles. The highest BCUT2D eigenvalue weighted by atomic mass is 79.9. The SMILES string of the molecule is COC(=O)C1O[C@H](Br)C(C)[C@@H](C)[C@@H]1C. The van der Waals surface area contributed by atoms with E-state index in [4.69, 9.17) is 9.47 Å². The lowest BCUT2D eigenvalue weighted by Gasteiger charge is -2.40. The first-order valence-electron chi connectivity index (χ1n) is 4.86. The largest absolute Gasteiger partial charge is 0.467 e. The van der Waals surface area contributed by atoms with Gasteiger partial charge in [-0.2, -0.15) is 0 Å². The van der Waals surface area contributed by atoms with E-state index in [0.29, 0.717) is 11.8 Å². The van der Waals surface area contributed by atoms with Crippen LogP contribution in [0.3, 0.4) is 0 Å². The number of carbonyl (C=O) groups is 1. The Morgan fingerprint density at radius 2 is 1.79 bits per heavy atom. The average Bonchev–Trinajstić information content (AvgIpc) is 2.19. The molecule has 1 rings (SSSR count). The summed E-state index contributed by atoms with van der Waals surface area (Å²) in [6.45, 7) is 6.29. The molecular weight excluding hydrogens is 248 g/mol. The van der Waals surface area contributed by atoms with Gasteiger partial charge in [0.05, 0.1) is 7.11 Å². The molecule has 1 heterocycles. The number of alkyl halides is 1. The van der Waals surface area contributed by atoms with Crippen LogP contribution in [0, 0.1) is 17.8 Å². The molecule has 14 heavy (non-hydrogen) atoms. The van der Waals surface area contributed by atoms with Crippen LogP contribution in [-0.4, -0.2) is 24.2 Å². The fourth-order valence-corrected chi connectivity index (χ4v) is 2.48. The van der Waals surface area contributed by atoms with E-state index in [1.807, 2.05) is 6.92 Å². The van der Waals surface area contributed by atoms with Crippen LogP contribution in [0.5, 0.6) is 0 Å². The van der Waals surface area contributed by atoms with E-state index >= 15 is 0 Å². The molecule has 5 atom stereocenters. The minimum absolute atomic E-state index is 0.0576. The summed E-state index contributed by atoms with van der Waals surface area (Å²) in [5.74, 6) is 0.773. The predicted molar refractivity (Wildman–Crippen MR) is 57.1 cm³/mol. The quantitative estimate of drug-likeness (QED) is 0.538. The number of halogens is 1. The highest BCUT2D eigenvalue weighted by Crippen LogP contribution is 2.37. The Morgan fingerprint density at radius 3 is 2.29 bits per heavy atom. The standard InChI is InChI=1S/C10H17BrO3/c1-5-6(2)8(10(12)13-4)14-9(11)7(5)3/h5-9H,1-4H3/t5-,6-,7?,8?,9-/m0/s1. The van der Waals surface area contributed by atoms with E-state index in [-0.39, 0.29) is 16.9 Å². The van der Waals surface area contributed by atoms with Crippen molar-refractivity contribution in [1.29, 1.82) is 0 Å². The lowest BCUT2D eigenvalue weighted by Crippen LogP contribution is -2.46. The summed E-state index contributed by atoms with van der Waals surface area (Å²) in [5, 5.41) is -0.0576. The molecule has 82 valence electrons. The second-order valence-corrected chi connectivity index (χ2v) is 4.91. The number of ether oxygens (including phenoxy) is 2. The molecule has 1 aliphatic rings. The van der Waals surface area contributed by atoms with Gasteiger partial charge in [0.15, 0.2) is 6.10 Å². The molecule has 1 saturated heterocycles. The molecule has 0 saturated carbocycles. The zero-order valence-electron chi connectivity index (χ0n) is 8.99. The summed E-state index contributed by atoms with van der Waals surface area (Å²) >= 11 is 3.43. The van der Waals surface area contributed by atoms with E-state index in [9.17, 15) is 4.79 Å². The summed E-state index contributed by atoms with van der Waals surface area (Å²) in [7, 11) is 1.39. The minimum Gasteiger partial charge on any atom is -0.467 e. The molecule has 0 amide bonds.